The van der Waals surface area contributed by atoms with Gasteiger partial charge in [-0.15, -0.1) is 0 Å². The van der Waals surface area contributed by atoms with E-state index in [0.29, 0.717) is 6.61 Å². The van der Waals surface area contributed by atoms with Crippen LogP contribution in [0.4, 0.5) is 0 Å². The van der Waals surface area contributed by atoms with Gasteiger partial charge in [0.15, 0.2) is 5.76 Å². The van der Waals surface area contributed by atoms with Gasteiger partial charge in [0.1, 0.15) is 12.3 Å². The topological polar surface area (TPSA) is 54.2 Å². The number of rotatable bonds is 3. The van der Waals surface area contributed by atoms with Crippen molar-refractivity contribution in [2.24, 2.45) is 0 Å². The maximum absolute atomic E-state index is 12.9. The molecule has 0 bridgehead atoms. The monoisotopic (exact) mass is 310 g/mol. The van der Waals surface area contributed by atoms with Crippen LogP contribution >= 0.6 is 0 Å². The number of hydrogen-bond donors (Lipinski definition) is 1. The standard InChI is InChI=1S/C18H20N3O2/c22-21-15(9-8-13-5-1-2-10-19-13)14-6-4-12-23-18(14)17-16(21)7-3-11-20-17/h1-2,4-6,10,15,20H,3,7-9,11-12H2/q+1. The van der Waals surface area contributed by atoms with Crippen molar-refractivity contribution >= 4 is 0 Å². The van der Waals surface area contributed by atoms with Crippen LogP contribution in [0.1, 0.15) is 25.0 Å². The van der Waals surface area contributed by atoms with Crippen molar-refractivity contribution in [3.05, 3.63) is 69.9 Å². The lowest BCUT2D eigenvalue weighted by molar-refractivity contribution is -0.536. The van der Waals surface area contributed by atoms with Crippen LogP contribution < -0.4 is 5.32 Å². The number of fused-ring (bicyclic) bond motifs is 1. The Hall–Kier alpha value is -2.43. The van der Waals surface area contributed by atoms with Gasteiger partial charge in [0.2, 0.25) is 6.04 Å². The van der Waals surface area contributed by atoms with E-state index in [9.17, 15) is 4.91 Å². The highest BCUT2D eigenvalue weighted by atomic mass is 16.5. The highest BCUT2D eigenvalue weighted by molar-refractivity contribution is 5.43. The molecule has 4 rings (SSSR count). The van der Waals surface area contributed by atoms with Gasteiger partial charge in [-0.2, -0.15) is 0 Å². The highest BCUT2D eigenvalue weighted by Crippen LogP contribution is 2.36. The summed E-state index contributed by atoms with van der Waals surface area (Å²) >= 11 is 0. The summed E-state index contributed by atoms with van der Waals surface area (Å²) in [5, 5.41) is 3.35. The summed E-state index contributed by atoms with van der Waals surface area (Å²) in [7, 11) is 0. The molecule has 5 nitrogen and oxygen atoms in total. The predicted octanol–water partition coefficient (Wildman–Crippen LogP) is 2.61. The number of nitrogens with zero attached hydrogens (tertiary/aromatic N) is 2. The Morgan fingerprint density at radius 1 is 1.39 bits per heavy atom. The largest absolute Gasteiger partial charge is 0.487 e. The minimum absolute atomic E-state index is 0.192. The van der Waals surface area contributed by atoms with Crippen molar-refractivity contribution in [1.82, 2.24) is 10.3 Å². The van der Waals surface area contributed by atoms with Gasteiger partial charge < -0.3 is 10.1 Å². The first-order valence-corrected chi connectivity index (χ1v) is 8.22. The Morgan fingerprint density at radius 2 is 2.35 bits per heavy atom. The Labute approximate surface area is 135 Å². The Kier molecular flexibility index (Phi) is 3.69. The normalized spacial score (nSPS) is 23.1. The summed E-state index contributed by atoms with van der Waals surface area (Å²) in [5.41, 5.74) is 3.76. The summed E-state index contributed by atoms with van der Waals surface area (Å²) in [6.07, 6.45) is 9.15. The second-order valence-electron chi connectivity index (χ2n) is 6.05. The number of nitroso groups, excluding NO2 is 1. The first-order chi connectivity index (χ1) is 11.3. The van der Waals surface area contributed by atoms with Gasteiger partial charge in [0.05, 0.1) is 5.57 Å². The van der Waals surface area contributed by atoms with Gasteiger partial charge in [-0.1, -0.05) is 6.07 Å². The molecule has 1 unspecified atom stereocenters. The summed E-state index contributed by atoms with van der Waals surface area (Å²) in [6.45, 7) is 1.47. The molecule has 0 spiro atoms. The quantitative estimate of drug-likeness (QED) is 0.872. The molecule has 0 amide bonds. The fourth-order valence-electron chi connectivity index (χ4n) is 3.49. The second kappa shape index (κ2) is 5.99. The number of hydrogen-bond acceptors (Lipinski definition) is 4. The average molecular weight is 310 g/mol. The molecule has 23 heavy (non-hydrogen) atoms. The van der Waals surface area contributed by atoms with Gasteiger partial charge in [-0.3, -0.25) is 4.98 Å². The molecule has 1 N–H and O–H groups in total. The van der Waals surface area contributed by atoms with Gasteiger partial charge in [0.25, 0.3) is 5.70 Å². The molecule has 118 valence electrons. The molecule has 1 aromatic rings. The number of ether oxygens (including phenoxy) is 1. The van der Waals surface area contributed by atoms with Crippen molar-refractivity contribution < 1.29 is 9.50 Å². The second-order valence-corrected chi connectivity index (χ2v) is 6.05. The van der Waals surface area contributed by atoms with Crippen LogP contribution in [0.3, 0.4) is 0 Å². The molecule has 1 atom stereocenters. The van der Waals surface area contributed by atoms with Crippen LogP contribution in [0.2, 0.25) is 0 Å². The smallest absolute Gasteiger partial charge is 0.260 e. The zero-order valence-electron chi connectivity index (χ0n) is 13.0. The lowest BCUT2D eigenvalue weighted by Crippen LogP contribution is -2.39. The van der Waals surface area contributed by atoms with Crippen LogP contribution in [0.5, 0.6) is 0 Å². The number of allylic oxidation sites excluding steroid dienone is 1. The van der Waals surface area contributed by atoms with E-state index in [0.717, 1.165) is 60.6 Å². The Balaban J connectivity index is 1.64. The van der Waals surface area contributed by atoms with E-state index in [4.69, 9.17) is 4.74 Å². The fourth-order valence-corrected chi connectivity index (χ4v) is 3.49. The minimum atomic E-state index is -0.192. The average Bonchev–Trinajstić information content (AvgIpc) is 2.63. The molecule has 1 aromatic heterocycles. The molecule has 0 fully saturated rings. The van der Waals surface area contributed by atoms with Crippen molar-refractivity contribution in [2.75, 3.05) is 13.2 Å². The number of pyridine rings is 1. The van der Waals surface area contributed by atoms with E-state index < -0.39 is 0 Å². The zero-order valence-corrected chi connectivity index (χ0v) is 13.0. The van der Waals surface area contributed by atoms with E-state index in [-0.39, 0.29) is 6.04 Å². The molecule has 0 aliphatic carbocycles. The molecule has 0 aromatic carbocycles. The van der Waals surface area contributed by atoms with Crippen LogP contribution in [-0.4, -0.2) is 28.9 Å². The number of aryl methyl sites for hydroxylation is 1. The van der Waals surface area contributed by atoms with Crippen LogP contribution in [0.25, 0.3) is 0 Å². The van der Waals surface area contributed by atoms with Gasteiger partial charge >= 0.3 is 0 Å². The SMILES string of the molecule is O=[N+]1C2=C(NCCC2)C2=C(C=CCO2)C1CCc1ccccn1. The van der Waals surface area contributed by atoms with Crippen LogP contribution in [-0.2, 0) is 11.2 Å². The summed E-state index contributed by atoms with van der Waals surface area (Å²) in [5.74, 6) is 0.875. The maximum atomic E-state index is 12.9. The molecular weight excluding hydrogens is 290 g/mol. The molecule has 0 radical (unpaired) electrons. The van der Waals surface area contributed by atoms with Crippen molar-refractivity contribution in [2.45, 2.75) is 31.7 Å². The highest BCUT2D eigenvalue weighted by Gasteiger charge is 2.44. The maximum Gasteiger partial charge on any atom is 0.260 e. The Morgan fingerprint density at radius 3 is 3.22 bits per heavy atom. The molecule has 5 heteroatoms. The fraction of sp³-hybridized carbons (Fsp3) is 0.389. The van der Waals surface area contributed by atoms with Crippen molar-refractivity contribution in [3.8, 4) is 0 Å². The van der Waals surface area contributed by atoms with E-state index >= 15 is 0 Å². The van der Waals surface area contributed by atoms with Crippen molar-refractivity contribution in [3.63, 3.8) is 0 Å². The van der Waals surface area contributed by atoms with E-state index in [1.165, 1.54) is 4.76 Å². The van der Waals surface area contributed by atoms with E-state index in [1.54, 1.807) is 6.20 Å². The lowest BCUT2D eigenvalue weighted by atomic mass is 9.91. The third-order valence-electron chi connectivity index (χ3n) is 4.60. The zero-order chi connectivity index (χ0) is 15.6. The summed E-state index contributed by atoms with van der Waals surface area (Å²) in [6, 6.07) is 5.71. The third kappa shape index (κ3) is 2.56. The van der Waals surface area contributed by atoms with Gasteiger partial charge in [0, 0.05) is 40.9 Å². The molecule has 3 aliphatic rings. The molecule has 4 heterocycles. The predicted molar refractivity (Wildman–Crippen MR) is 86.4 cm³/mol. The Bertz CT molecular complexity index is 719. The first kappa shape index (κ1) is 14.2. The molecule has 0 saturated carbocycles. The lowest BCUT2D eigenvalue weighted by Gasteiger charge is -2.29. The molecule has 3 aliphatic heterocycles. The number of nitrogens with one attached hydrogen (secondary N) is 1. The van der Waals surface area contributed by atoms with Crippen LogP contribution in [0, 0.1) is 4.91 Å². The summed E-state index contributed by atoms with van der Waals surface area (Å²) < 4.78 is 7.07. The van der Waals surface area contributed by atoms with Gasteiger partial charge in [-0.25, -0.2) is 0 Å². The van der Waals surface area contributed by atoms with Gasteiger partial charge in [-0.05, 0) is 37.1 Å². The van der Waals surface area contributed by atoms with Crippen molar-refractivity contribution in [1.29, 1.82) is 0 Å². The molecule has 0 saturated heterocycles. The minimum Gasteiger partial charge on any atom is -0.487 e. The summed E-state index contributed by atoms with van der Waals surface area (Å²) in [4.78, 5) is 17.3. The first-order valence-electron chi connectivity index (χ1n) is 8.22. The van der Waals surface area contributed by atoms with E-state index in [1.807, 2.05) is 30.4 Å². The third-order valence-corrected chi connectivity index (χ3v) is 4.60. The van der Waals surface area contributed by atoms with E-state index in [2.05, 4.69) is 10.3 Å². The molecular formula is C18H20N3O2+. The van der Waals surface area contributed by atoms with Crippen LogP contribution in [0.15, 0.2) is 59.3 Å². The number of aromatic nitrogens is 1.